The second-order valence-corrected chi connectivity index (χ2v) is 8.79. The second-order valence-electron chi connectivity index (χ2n) is 7.80. The van der Waals surface area contributed by atoms with Crippen molar-refractivity contribution in [2.45, 2.75) is 39.1 Å². The highest BCUT2D eigenvalue weighted by Crippen LogP contribution is 2.18. The van der Waals surface area contributed by atoms with Crippen molar-refractivity contribution in [2.24, 2.45) is 5.92 Å². The van der Waals surface area contributed by atoms with Crippen LogP contribution in [0.5, 0.6) is 5.75 Å². The Morgan fingerprint density at radius 1 is 1.03 bits per heavy atom. The molecule has 1 unspecified atom stereocenters. The molecule has 0 spiro atoms. The number of hydrogen-bond acceptors (Lipinski definition) is 4. The van der Waals surface area contributed by atoms with Gasteiger partial charge < -0.3 is 15.0 Å². The minimum Gasteiger partial charge on any atom is -0.497 e. The number of nitrogens with zero attached hydrogens (tertiary/aromatic N) is 1. The summed E-state index contributed by atoms with van der Waals surface area (Å²) >= 11 is 1.49. The number of carbonyl (C=O) groups excluding carboxylic acids is 2. The predicted molar refractivity (Wildman–Crippen MR) is 123 cm³/mol. The molecular weight excluding hydrogens is 415 g/mol. The third-order valence-electron chi connectivity index (χ3n) is 4.77. The van der Waals surface area contributed by atoms with Gasteiger partial charge in [0, 0.05) is 18.8 Å². The van der Waals surface area contributed by atoms with E-state index in [1.165, 1.54) is 23.9 Å². The number of benzene rings is 2. The van der Waals surface area contributed by atoms with Crippen molar-refractivity contribution in [3.05, 3.63) is 65.5 Å². The third-order valence-corrected chi connectivity index (χ3v) is 5.76. The molecule has 2 aromatic rings. The number of amides is 2. The molecule has 0 heterocycles. The van der Waals surface area contributed by atoms with E-state index in [-0.39, 0.29) is 29.9 Å². The average molecular weight is 447 g/mol. The van der Waals surface area contributed by atoms with Gasteiger partial charge in [-0.05, 0) is 48.2 Å². The Hall–Kier alpha value is -2.54. The largest absolute Gasteiger partial charge is 0.497 e. The zero-order valence-corrected chi connectivity index (χ0v) is 19.4. The fraction of sp³-hybridized carbons (Fsp3) is 0.417. The summed E-state index contributed by atoms with van der Waals surface area (Å²) in [6.45, 7) is 6.56. The van der Waals surface area contributed by atoms with Crippen molar-refractivity contribution in [3.63, 3.8) is 0 Å². The number of halogens is 1. The van der Waals surface area contributed by atoms with E-state index in [9.17, 15) is 14.0 Å². The average Bonchev–Trinajstić information content (AvgIpc) is 2.76. The molecule has 2 aromatic carbocycles. The molecule has 168 valence electrons. The quantitative estimate of drug-likeness (QED) is 0.560. The maximum atomic E-state index is 13.3. The lowest BCUT2D eigenvalue weighted by atomic mass is 10.1. The van der Waals surface area contributed by atoms with Crippen molar-refractivity contribution in [1.29, 1.82) is 0 Å². The molecule has 1 N–H and O–H groups in total. The second kappa shape index (κ2) is 12.3. The van der Waals surface area contributed by atoms with Crippen LogP contribution in [-0.2, 0) is 21.9 Å². The summed E-state index contributed by atoms with van der Waals surface area (Å²) in [4.78, 5) is 27.2. The van der Waals surface area contributed by atoms with Crippen LogP contribution in [0.15, 0.2) is 48.5 Å². The van der Waals surface area contributed by atoms with Crippen LogP contribution >= 0.6 is 11.8 Å². The summed E-state index contributed by atoms with van der Waals surface area (Å²) in [6, 6.07) is 13.1. The van der Waals surface area contributed by atoms with Crippen molar-refractivity contribution in [1.82, 2.24) is 10.2 Å². The highest BCUT2D eigenvalue weighted by molar-refractivity contribution is 7.99. The van der Waals surface area contributed by atoms with Crippen LogP contribution in [0.3, 0.4) is 0 Å². The molecule has 7 heteroatoms. The van der Waals surface area contributed by atoms with Crippen LogP contribution in [0, 0.1) is 11.7 Å². The van der Waals surface area contributed by atoms with E-state index < -0.39 is 6.04 Å². The lowest BCUT2D eigenvalue weighted by Crippen LogP contribution is -2.48. The standard InChI is InChI=1S/C24H31FN2O3S/c1-17(2)13-26-24(29)18(3)27(14-19-5-9-21(25)10-6-19)23(28)16-31-15-20-7-11-22(30-4)12-8-20/h5-12,17-18H,13-16H2,1-4H3,(H,26,29). The molecule has 0 aliphatic heterocycles. The number of ether oxygens (including phenoxy) is 1. The van der Waals surface area contributed by atoms with Crippen LogP contribution in [0.2, 0.25) is 0 Å². The van der Waals surface area contributed by atoms with E-state index in [0.29, 0.717) is 18.2 Å². The minimum atomic E-state index is -0.627. The van der Waals surface area contributed by atoms with E-state index in [0.717, 1.165) is 16.9 Å². The number of carbonyl (C=O) groups is 2. The highest BCUT2D eigenvalue weighted by Gasteiger charge is 2.26. The van der Waals surface area contributed by atoms with Gasteiger partial charge in [-0.3, -0.25) is 9.59 Å². The molecule has 0 aliphatic carbocycles. The highest BCUT2D eigenvalue weighted by atomic mass is 32.2. The summed E-state index contributed by atoms with van der Waals surface area (Å²) < 4.78 is 18.4. The van der Waals surface area contributed by atoms with E-state index in [1.807, 2.05) is 38.1 Å². The van der Waals surface area contributed by atoms with E-state index in [1.54, 1.807) is 31.1 Å². The number of rotatable bonds is 11. The summed E-state index contributed by atoms with van der Waals surface area (Å²) in [5.41, 5.74) is 1.87. The van der Waals surface area contributed by atoms with Gasteiger partial charge in [0.1, 0.15) is 17.6 Å². The third kappa shape index (κ3) is 8.25. The zero-order chi connectivity index (χ0) is 22.8. The fourth-order valence-electron chi connectivity index (χ4n) is 2.88. The molecule has 0 bridgehead atoms. The summed E-state index contributed by atoms with van der Waals surface area (Å²) in [5, 5.41) is 2.89. The van der Waals surface area contributed by atoms with Gasteiger partial charge in [-0.25, -0.2) is 4.39 Å². The lowest BCUT2D eigenvalue weighted by Gasteiger charge is -2.29. The number of hydrogen-bond donors (Lipinski definition) is 1. The molecule has 2 rings (SSSR count). The fourth-order valence-corrected chi connectivity index (χ4v) is 3.75. The first kappa shape index (κ1) is 24.7. The summed E-state index contributed by atoms with van der Waals surface area (Å²) in [5.74, 6) is 1.37. The van der Waals surface area contributed by atoms with E-state index in [4.69, 9.17) is 4.74 Å². The Bertz CT molecular complexity index is 841. The molecule has 0 saturated carbocycles. The molecule has 0 aliphatic rings. The van der Waals surface area contributed by atoms with Gasteiger partial charge in [0.15, 0.2) is 0 Å². The number of thioether (sulfide) groups is 1. The Morgan fingerprint density at radius 2 is 1.65 bits per heavy atom. The zero-order valence-electron chi connectivity index (χ0n) is 18.6. The number of methoxy groups -OCH3 is 1. The van der Waals surface area contributed by atoms with Crippen molar-refractivity contribution < 1.29 is 18.7 Å². The van der Waals surface area contributed by atoms with Gasteiger partial charge in [0.2, 0.25) is 11.8 Å². The maximum absolute atomic E-state index is 13.3. The van der Waals surface area contributed by atoms with Gasteiger partial charge in [-0.2, -0.15) is 0 Å². The first-order valence-corrected chi connectivity index (χ1v) is 11.5. The summed E-state index contributed by atoms with van der Waals surface area (Å²) in [7, 11) is 1.62. The number of nitrogens with one attached hydrogen (secondary N) is 1. The topological polar surface area (TPSA) is 58.6 Å². The first-order chi connectivity index (χ1) is 14.8. The van der Waals surface area contributed by atoms with E-state index in [2.05, 4.69) is 5.32 Å². The molecule has 2 amide bonds. The van der Waals surface area contributed by atoms with Gasteiger partial charge in [0.25, 0.3) is 0 Å². The monoisotopic (exact) mass is 446 g/mol. The smallest absolute Gasteiger partial charge is 0.242 e. The molecule has 0 aromatic heterocycles. The van der Waals surface area contributed by atoms with Crippen molar-refractivity contribution in [2.75, 3.05) is 19.4 Å². The predicted octanol–water partition coefficient (Wildman–Crippen LogP) is 4.26. The molecule has 31 heavy (non-hydrogen) atoms. The minimum absolute atomic E-state index is 0.130. The van der Waals surface area contributed by atoms with E-state index >= 15 is 0 Å². The van der Waals surface area contributed by atoms with Crippen LogP contribution in [0.1, 0.15) is 31.9 Å². The van der Waals surface area contributed by atoms with Gasteiger partial charge in [0.05, 0.1) is 12.9 Å². The van der Waals surface area contributed by atoms with Crippen molar-refractivity contribution >= 4 is 23.6 Å². The van der Waals surface area contributed by atoms with Crippen LogP contribution in [-0.4, -0.2) is 42.2 Å². The Labute approximate surface area is 188 Å². The SMILES string of the molecule is COc1ccc(CSCC(=O)N(Cc2ccc(F)cc2)C(C)C(=O)NCC(C)C)cc1. The van der Waals surface area contributed by atoms with Gasteiger partial charge in [-0.15, -0.1) is 11.8 Å². The van der Waals surface area contributed by atoms with Gasteiger partial charge in [-0.1, -0.05) is 38.1 Å². The molecule has 0 radical (unpaired) electrons. The normalized spacial score (nSPS) is 11.8. The van der Waals surface area contributed by atoms with Crippen molar-refractivity contribution in [3.8, 4) is 5.75 Å². The van der Waals surface area contributed by atoms with Crippen LogP contribution in [0.25, 0.3) is 0 Å². The van der Waals surface area contributed by atoms with Crippen LogP contribution in [0.4, 0.5) is 4.39 Å². The van der Waals surface area contributed by atoms with Gasteiger partial charge >= 0.3 is 0 Å². The molecule has 0 fully saturated rings. The molecule has 0 saturated heterocycles. The lowest BCUT2D eigenvalue weighted by molar-refractivity contribution is -0.138. The Morgan fingerprint density at radius 3 is 2.23 bits per heavy atom. The molecule has 5 nitrogen and oxygen atoms in total. The Balaban J connectivity index is 2.03. The van der Waals surface area contributed by atoms with Crippen LogP contribution < -0.4 is 10.1 Å². The molecular formula is C24H31FN2O3S. The summed E-state index contributed by atoms with van der Waals surface area (Å²) in [6.07, 6.45) is 0. The first-order valence-electron chi connectivity index (χ1n) is 10.3. The Kier molecular flexibility index (Phi) is 9.85. The molecule has 1 atom stereocenters. The maximum Gasteiger partial charge on any atom is 0.242 e.